The normalized spacial score (nSPS) is 10.1. The minimum absolute atomic E-state index is 0.0411. The van der Waals surface area contributed by atoms with Crippen molar-refractivity contribution in [2.24, 2.45) is 0 Å². The Kier molecular flexibility index (Phi) is 4.25. The smallest absolute Gasteiger partial charge is 0.255 e. The third-order valence-electron chi connectivity index (χ3n) is 3.01. The van der Waals surface area contributed by atoms with Gasteiger partial charge in [0.2, 0.25) is 0 Å². The molecule has 0 radical (unpaired) electrons. The van der Waals surface area contributed by atoms with Crippen LogP contribution in [0, 0.1) is 0 Å². The van der Waals surface area contributed by atoms with E-state index in [1.54, 1.807) is 37.2 Å². The molecule has 0 atom stereocenters. The first-order valence-corrected chi connectivity index (χ1v) is 6.47. The number of hydrogen-bond acceptors (Lipinski definition) is 3. The van der Waals surface area contributed by atoms with Gasteiger partial charge in [-0.25, -0.2) is 0 Å². The zero-order valence-corrected chi connectivity index (χ0v) is 11.8. The number of nitrogens with zero attached hydrogens (tertiary/aromatic N) is 1. The third-order valence-corrected chi connectivity index (χ3v) is 3.01. The predicted octanol–water partition coefficient (Wildman–Crippen LogP) is 2.58. The molecule has 0 saturated carbocycles. The maximum atomic E-state index is 12.1. The number of nitrogens with two attached hydrogens (primary N) is 1. The molecular formula is C16H19N3O. The van der Waals surface area contributed by atoms with Crippen molar-refractivity contribution < 1.29 is 4.79 Å². The van der Waals surface area contributed by atoms with Gasteiger partial charge in [0.25, 0.3) is 5.91 Å². The highest BCUT2D eigenvalue weighted by Gasteiger charge is 2.13. The van der Waals surface area contributed by atoms with E-state index in [2.05, 4.69) is 5.32 Å². The number of carbonyl (C=O) groups excluding carboxylic acids is 1. The molecule has 0 aromatic heterocycles. The summed E-state index contributed by atoms with van der Waals surface area (Å²) in [5.74, 6) is -0.0411. The first-order chi connectivity index (χ1) is 9.58. The molecule has 0 unspecified atom stereocenters. The van der Waals surface area contributed by atoms with Crippen molar-refractivity contribution in [2.75, 3.05) is 25.1 Å². The summed E-state index contributed by atoms with van der Waals surface area (Å²) < 4.78 is 0. The minimum atomic E-state index is -0.0411. The number of anilines is 2. The maximum absolute atomic E-state index is 12.1. The zero-order valence-electron chi connectivity index (χ0n) is 11.8. The molecule has 0 bridgehead atoms. The Labute approximate surface area is 119 Å². The first-order valence-electron chi connectivity index (χ1n) is 6.47. The lowest BCUT2D eigenvalue weighted by Gasteiger charge is -2.16. The lowest BCUT2D eigenvalue weighted by molar-refractivity contribution is 0.0828. The standard InChI is InChI=1S/C16H19N3O/c1-19(2)16(20)14-9-8-13(17)10-15(14)18-11-12-6-4-3-5-7-12/h3-10,18H,11,17H2,1-2H3. The molecule has 2 aromatic rings. The molecule has 0 aliphatic rings. The summed E-state index contributed by atoms with van der Waals surface area (Å²) in [6.07, 6.45) is 0. The largest absolute Gasteiger partial charge is 0.399 e. The fourth-order valence-corrected chi connectivity index (χ4v) is 1.93. The number of amides is 1. The maximum Gasteiger partial charge on any atom is 0.255 e. The van der Waals surface area contributed by atoms with Gasteiger partial charge in [-0.15, -0.1) is 0 Å². The van der Waals surface area contributed by atoms with Crippen molar-refractivity contribution in [1.29, 1.82) is 0 Å². The van der Waals surface area contributed by atoms with Crippen LogP contribution in [0.25, 0.3) is 0 Å². The van der Waals surface area contributed by atoms with Gasteiger partial charge in [-0.3, -0.25) is 4.79 Å². The molecule has 4 heteroatoms. The van der Waals surface area contributed by atoms with E-state index in [1.807, 2.05) is 30.3 Å². The van der Waals surface area contributed by atoms with Crippen LogP contribution in [-0.4, -0.2) is 24.9 Å². The highest BCUT2D eigenvalue weighted by molar-refractivity contribution is 5.99. The van der Waals surface area contributed by atoms with Crippen molar-refractivity contribution in [3.05, 3.63) is 59.7 Å². The van der Waals surface area contributed by atoms with Crippen LogP contribution in [-0.2, 0) is 6.54 Å². The van der Waals surface area contributed by atoms with Crippen molar-refractivity contribution >= 4 is 17.3 Å². The number of rotatable bonds is 4. The average molecular weight is 269 g/mol. The van der Waals surface area contributed by atoms with Crippen LogP contribution < -0.4 is 11.1 Å². The number of nitrogens with one attached hydrogen (secondary N) is 1. The van der Waals surface area contributed by atoms with Crippen LogP contribution in [0.4, 0.5) is 11.4 Å². The van der Waals surface area contributed by atoms with E-state index in [9.17, 15) is 4.79 Å². The summed E-state index contributed by atoms with van der Waals surface area (Å²) in [5.41, 5.74) is 8.98. The van der Waals surface area contributed by atoms with E-state index in [1.165, 1.54) is 0 Å². The van der Waals surface area contributed by atoms with Crippen LogP contribution in [0.3, 0.4) is 0 Å². The van der Waals surface area contributed by atoms with Crippen molar-refractivity contribution in [3.8, 4) is 0 Å². The van der Waals surface area contributed by atoms with Crippen LogP contribution in [0.1, 0.15) is 15.9 Å². The van der Waals surface area contributed by atoms with E-state index in [0.717, 1.165) is 11.3 Å². The summed E-state index contributed by atoms with van der Waals surface area (Å²) in [7, 11) is 3.47. The van der Waals surface area contributed by atoms with Gasteiger partial charge in [0.05, 0.1) is 5.56 Å². The molecule has 0 heterocycles. The molecule has 0 spiro atoms. The van der Waals surface area contributed by atoms with Gasteiger partial charge in [-0.2, -0.15) is 0 Å². The molecule has 4 nitrogen and oxygen atoms in total. The van der Waals surface area contributed by atoms with Gasteiger partial charge < -0.3 is 16.0 Å². The fraction of sp³-hybridized carbons (Fsp3) is 0.188. The minimum Gasteiger partial charge on any atom is -0.399 e. The molecule has 0 fully saturated rings. The Morgan fingerprint density at radius 2 is 1.85 bits per heavy atom. The summed E-state index contributed by atoms with van der Waals surface area (Å²) >= 11 is 0. The van der Waals surface area contributed by atoms with Crippen LogP contribution in [0.2, 0.25) is 0 Å². The summed E-state index contributed by atoms with van der Waals surface area (Å²) in [5, 5.41) is 3.28. The zero-order chi connectivity index (χ0) is 14.5. The Morgan fingerprint density at radius 3 is 2.50 bits per heavy atom. The highest BCUT2D eigenvalue weighted by atomic mass is 16.2. The van der Waals surface area contributed by atoms with Gasteiger partial charge >= 0.3 is 0 Å². The SMILES string of the molecule is CN(C)C(=O)c1ccc(N)cc1NCc1ccccc1. The molecule has 0 aliphatic heterocycles. The molecule has 104 valence electrons. The van der Waals surface area contributed by atoms with Gasteiger partial charge in [0.15, 0.2) is 0 Å². The fourth-order valence-electron chi connectivity index (χ4n) is 1.93. The molecule has 3 N–H and O–H groups in total. The van der Waals surface area contributed by atoms with Gasteiger partial charge in [0, 0.05) is 32.0 Å². The highest BCUT2D eigenvalue weighted by Crippen LogP contribution is 2.21. The molecule has 0 aliphatic carbocycles. The number of hydrogen-bond donors (Lipinski definition) is 2. The van der Waals surface area contributed by atoms with Crippen molar-refractivity contribution in [1.82, 2.24) is 4.90 Å². The third kappa shape index (κ3) is 3.29. The molecule has 20 heavy (non-hydrogen) atoms. The van der Waals surface area contributed by atoms with E-state index in [4.69, 9.17) is 5.73 Å². The molecule has 1 amide bonds. The lowest BCUT2D eigenvalue weighted by atomic mass is 10.1. The second kappa shape index (κ2) is 6.10. The second-order valence-electron chi connectivity index (χ2n) is 4.84. The summed E-state index contributed by atoms with van der Waals surface area (Å²) in [4.78, 5) is 13.7. The number of benzene rings is 2. The molecule has 2 rings (SSSR count). The predicted molar refractivity (Wildman–Crippen MR) is 82.6 cm³/mol. The Morgan fingerprint density at radius 1 is 1.15 bits per heavy atom. The lowest BCUT2D eigenvalue weighted by Crippen LogP contribution is -2.23. The van der Waals surface area contributed by atoms with E-state index in [-0.39, 0.29) is 5.91 Å². The van der Waals surface area contributed by atoms with E-state index >= 15 is 0 Å². The van der Waals surface area contributed by atoms with E-state index in [0.29, 0.717) is 17.8 Å². The summed E-state index contributed by atoms with van der Waals surface area (Å²) in [6, 6.07) is 15.3. The average Bonchev–Trinajstić information content (AvgIpc) is 2.45. The van der Waals surface area contributed by atoms with E-state index < -0.39 is 0 Å². The summed E-state index contributed by atoms with van der Waals surface area (Å²) in [6.45, 7) is 0.651. The van der Waals surface area contributed by atoms with Crippen molar-refractivity contribution in [2.45, 2.75) is 6.54 Å². The van der Waals surface area contributed by atoms with Crippen LogP contribution in [0.5, 0.6) is 0 Å². The molecule has 2 aromatic carbocycles. The Bertz CT molecular complexity index is 594. The number of carbonyl (C=O) groups is 1. The quantitative estimate of drug-likeness (QED) is 0.839. The van der Waals surface area contributed by atoms with Gasteiger partial charge in [-0.05, 0) is 23.8 Å². The Balaban J connectivity index is 2.21. The van der Waals surface area contributed by atoms with Crippen LogP contribution in [0.15, 0.2) is 48.5 Å². The number of nitrogen functional groups attached to an aromatic ring is 1. The Hall–Kier alpha value is -2.49. The topological polar surface area (TPSA) is 58.4 Å². The van der Waals surface area contributed by atoms with Gasteiger partial charge in [0.1, 0.15) is 0 Å². The molecular weight excluding hydrogens is 250 g/mol. The van der Waals surface area contributed by atoms with Gasteiger partial charge in [-0.1, -0.05) is 30.3 Å². The van der Waals surface area contributed by atoms with Crippen LogP contribution >= 0.6 is 0 Å². The first kappa shape index (κ1) is 13.9. The molecule has 0 saturated heterocycles. The monoisotopic (exact) mass is 269 g/mol. The van der Waals surface area contributed by atoms with Crippen molar-refractivity contribution in [3.63, 3.8) is 0 Å². The second-order valence-corrected chi connectivity index (χ2v) is 4.84.